The van der Waals surface area contributed by atoms with Crippen LogP contribution in [0.4, 0.5) is 13.2 Å². The number of aromatic nitrogens is 1. The highest BCUT2D eigenvalue weighted by atomic mass is 19.4. The van der Waals surface area contributed by atoms with E-state index in [2.05, 4.69) is 16.5 Å². The molecule has 4 aliphatic heterocycles. The summed E-state index contributed by atoms with van der Waals surface area (Å²) in [5, 5.41) is 0. The van der Waals surface area contributed by atoms with Crippen molar-refractivity contribution in [1.82, 2.24) is 14.8 Å². The first kappa shape index (κ1) is 25.2. The second kappa shape index (κ2) is 9.46. The van der Waals surface area contributed by atoms with Crippen molar-refractivity contribution in [2.45, 2.75) is 63.1 Å². The number of ether oxygens (including phenoxy) is 3. The van der Waals surface area contributed by atoms with Crippen LogP contribution >= 0.6 is 0 Å². The largest absolute Gasteiger partial charge is 0.451 e. The van der Waals surface area contributed by atoms with Crippen LogP contribution in [0.3, 0.4) is 0 Å². The fourth-order valence-corrected chi connectivity index (χ4v) is 6.11. The third-order valence-electron chi connectivity index (χ3n) is 8.11. The van der Waals surface area contributed by atoms with Gasteiger partial charge in [-0.3, -0.25) is 9.88 Å². The lowest BCUT2D eigenvalue weighted by Crippen LogP contribution is -2.56. The number of rotatable bonds is 4. The molecule has 1 spiro atoms. The lowest BCUT2D eigenvalue weighted by atomic mass is 9.80. The van der Waals surface area contributed by atoms with E-state index in [1.165, 1.54) is 6.07 Å². The van der Waals surface area contributed by atoms with Crippen molar-refractivity contribution >= 4 is 5.97 Å². The normalized spacial score (nSPS) is 26.8. The van der Waals surface area contributed by atoms with Gasteiger partial charge in [-0.25, -0.2) is 4.79 Å². The Morgan fingerprint density at radius 2 is 2.03 bits per heavy atom. The van der Waals surface area contributed by atoms with Crippen LogP contribution < -0.4 is 0 Å². The Hall–Kier alpha value is -2.43. The van der Waals surface area contributed by atoms with Gasteiger partial charge in [-0.2, -0.15) is 13.2 Å². The topological polar surface area (TPSA) is 64.1 Å². The van der Waals surface area contributed by atoms with E-state index in [4.69, 9.17) is 14.2 Å². The van der Waals surface area contributed by atoms with Gasteiger partial charge in [0.05, 0.1) is 18.3 Å². The molecule has 0 aliphatic carbocycles. The van der Waals surface area contributed by atoms with E-state index >= 15 is 0 Å². The number of carbonyl (C=O) groups excluding carboxylic acids is 1. The molecular formula is C26H32F3N3O4. The van der Waals surface area contributed by atoms with Crippen molar-refractivity contribution in [2.75, 3.05) is 40.0 Å². The summed E-state index contributed by atoms with van der Waals surface area (Å²) in [6, 6.07) is 1.43. The zero-order valence-corrected chi connectivity index (χ0v) is 20.7. The maximum atomic E-state index is 13.3. The molecule has 196 valence electrons. The quantitative estimate of drug-likeness (QED) is 0.579. The van der Waals surface area contributed by atoms with Gasteiger partial charge in [0.15, 0.2) is 0 Å². The van der Waals surface area contributed by atoms with Crippen molar-refractivity contribution in [2.24, 2.45) is 0 Å². The Bertz CT molecular complexity index is 1080. The maximum absolute atomic E-state index is 13.3. The lowest BCUT2D eigenvalue weighted by molar-refractivity contribution is -0.153. The molecule has 1 aromatic heterocycles. The van der Waals surface area contributed by atoms with Gasteiger partial charge in [0.25, 0.3) is 0 Å². The first-order valence-corrected chi connectivity index (χ1v) is 12.4. The molecule has 0 bridgehead atoms. The minimum atomic E-state index is -4.45. The van der Waals surface area contributed by atoms with Gasteiger partial charge in [0.2, 0.25) is 0 Å². The zero-order valence-electron chi connectivity index (χ0n) is 20.7. The Balaban J connectivity index is 1.34. The molecule has 0 radical (unpaired) electrons. The van der Waals surface area contributed by atoms with Gasteiger partial charge in [-0.15, -0.1) is 0 Å². The number of pyridine rings is 1. The van der Waals surface area contributed by atoms with Crippen molar-refractivity contribution < 1.29 is 32.2 Å². The van der Waals surface area contributed by atoms with Crippen LogP contribution in [0.5, 0.6) is 0 Å². The molecule has 10 heteroatoms. The second-order valence-corrected chi connectivity index (χ2v) is 10.1. The molecule has 4 aliphatic rings. The van der Waals surface area contributed by atoms with Gasteiger partial charge in [-0.1, -0.05) is 6.58 Å². The second-order valence-electron chi connectivity index (χ2n) is 10.1. The highest BCUT2D eigenvalue weighted by Gasteiger charge is 2.51. The molecule has 36 heavy (non-hydrogen) atoms. The molecule has 2 fully saturated rings. The summed E-state index contributed by atoms with van der Waals surface area (Å²) in [7, 11) is 1.70. The number of piperidine rings is 1. The maximum Gasteiger partial charge on any atom is 0.417 e. The lowest BCUT2D eigenvalue weighted by Gasteiger charge is -2.46. The van der Waals surface area contributed by atoms with Crippen LogP contribution in [0.2, 0.25) is 0 Å². The smallest absolute Gasteiger partial charge is 0.417 e. The van der Waals surface area contributed by atoms with E-state index in [0.717, 1.165) is 31.3 Å². The standard InChI is InChI=1S/C26H32F3N3O4/c1-16-23(17(2)32-8-4-20-18(14-32)12-19(13-30-20)26(27,28)29)25(36-24(16)33)6-9-31(10-7-25)21-5-11-35-15-22(21)34-3/h12-13,21-22H,2,4-11,14-15H2,1,3H3/t21-,22+/m0/s1. The SMILES string of the molecule is C=C(C1=C(C)C(=O)OC12CCN([C@H]1CCOC[C@H]1OC)CC2)N1CCc2ncc(C(F)(F)F)cc2C1. The Morgan fingerprint density at radius 1 is 1.28 bits per heavy atom. The van der Waals surface area contributed by atoms with Crippen LogP contribution in [0.15, 0.2) is 35.7 Å². The van der Waals surface area contributed by atoms with Crippen LogP contribution in [0.25, 0.3) is 0 Å². The van der Waals surface area contributed by atoms with Gasteiger partial charge in [-0.05, 0) is 25.0 Å². The van der Waals surface area contributed by atoms with E-state index in [1.54, 1.807) is 14.0 Å². The molecule has 0 amide bonds. The summed E-state index contributed by atoms with van der Waals surface area (Å²) >= 11 is 0. The predicted octanol–water partition coefficient (Wildman–Crippen LogP) is 3.48. The Morgan fingerprint density at radius 3 is 2.72 bits per heavy atom. The van der Waals surface area contributed by atoms with Crippen molar-refractivity contribution in [3.63, 3.8) is 0 Å². The molecule has 0 saturated carbocycles. The van der Waals surface area contributed by atoms with Crippen LogP contribution in [-0.2, 0) is 38.1 Å². The number of likely N-dealkylation sites (tertiary alicyclic amines) is 1. The van der Waals surface area contributed by atoms with Gasteiger partial charge in [0, 0.05) is 93.9 Å². The van der Waals surface area contributed by atoms with Crippen molar-refractivity contribution in [3.8, 4) is 0 Å². The van der Waals surface area contributed by atoms with E-state index in [-0.39, 0.29) is 24.7 Å². The molecule has 0 N–H and O–H groups in total. The molecular weight excluding hydrogens is 475 g/mol. The number of esters is 1. The van der Waals surface area contributed by atoms with Gasteiger partial charge >= 0.3 is 12.1 Å². The first-order valence-electron chi connectivity index (χ1n) is 12.4. The molecule has 0 aromatic carbocycles. The van der Waals surface area contributed by atoms with Crippen LogP contribution in [0, 0.1) is 0 Å². The summed E-state index contributed by atoms with van der Waals surface area (Å²) < 4.78 is 57.0. The van der Waals surface area contributed by atoms with E-state index in [9.17, 15) is 18.0 Å². The molecule has 7 nitrogen and oxygen atoms in total. The number of carbonyl (C=O) groups is 1. The zero-order chi connectivity index (χ0) is 25.7. The average molecular weight is 508 g/mol. The summed E-state index contributed by atoms with van der Waals surface area (Å²) in [4.78, 5) is 21.2. The summed E-state index contributed by atoms with van der Waals surface area (Å²) in [5.74, 6) is -0.348. The molecule has 2 atom stereocenters. The fraction of sp³-hybridized carbons (Fsp3) is 0.615. The summed E-state index contributed by atoms with van der Waals surface area (Å²) in [6.07, 6.45) is -0.887. The minimum absolute atomic E-state index is 0.00857. The molecule has 5 heterocycles. The fourth-order valence-electron chi connectivity index (χ4n) is 6.11. The summed E-state index contributed by atoms with van der Waals surface area (Å²) in [5.41, 5.74) is 1.64. The minimum Gasteiger partial charge on any atom is -0.451 e. The first-order chi connectivity index (χ1) is 17.1. The molecule has 1 aromatic rings. The average Bonchev–Trinajstić information content (AvgIpc) is 3.11. The Labute approximate surface area is 208 Å². The van der Waals surface area contributed by atoms with Crippen LogP contribution in [-0.4, -0.2) is 78.5 Å². The van der Waals surface area contributed by atoms with Crippen molar-refractivity contribution in [1.29, 1.82) is 0 Å². The Kier molecular flexibility index (Phi) is 6.63. The van der Waals surface area contributed by atoms with E-state index in [1.807, 2.05) is 4.90 Å². The van der Waals surface area contributed by atoms with Gasteiger partial charge < -0.3 is 19.1 Å². The molecule has 5 rings (SSSR count). The molecule has 2 saturated heterocycles. The third-order valence-corrected chi connectivity index (χ3v) is 8.11. The van der Waals surface area contributed by atoms with E-state index in [0.29, 0.717) is 61.5 Å². The number of alkyl halides is 3. The number of hydrogen-bond donors (Lipinski definition) is 0. The van der Waals surface area contributed by atoms with Crippen molar-refractivity contribution in [3.05, 3.63) is 52.5 Å². The number of fused-ring (bicyclic) bond motifs is 1. The number of nitrogens with zero attached hydrogens (tertiary/aromatic N) is 3. The highest BCUT2D eigenvalue weighted by Crippen LogP contribution is 2.46. The monoisotopic (exact) mass is 507 g/mol. The molecule has 0 unspecified atom stereocenters. The van der Waals surface area contributed by atoms with Gasteiger partial charge in [0.1, 0.15) is 5.60 Å². The predicted molar refractivity (Wildman–Crippen MR) is 125 cm³/mol. The number of halogens is 3. The van der Waals surface area contributed by atoms with Crippen LogP contribution in [0.1, 0.15) is 43.0 Å². The number of hydrogen-bond acceptors (Lipinski definition) is 7. The number of methoxy groups -OCH3 is 1. The highest BCUT2D eigenvalue weighted by molar-refractivity contribution is 5.93. The third kappa shape index (κ3) is 4.43. The summed E-state index contributed by atoms with van der Waals surface area (Å²) in [6.45, 7) is 9.64. The van der Waals surface area contributed by atoms with E-state index < -0.39 is 17.3 Å².